The third-order valence-corrected chi connectivity index (χ3v) is 3.47. The maximum Gasteiger partial charge on any atom is 0.244 e. The maximum atomic E-state index is 11.7. The standard InChI is InChI=1S/C10H12N2OS.ClH/c1-12-8-4-2-3-5-9(8)14-6-7(11)10(12)13;/h2-5,7H,6,11H2,1H3;1H. The summed E-state index contributed by atoms with van der Waals surface area (Å²) in [5.41, 5.74) is 6.69. The summed E-state index contributed by atoms with van der Waals surface area (Å²) in [6.07, 6.45) is 0. The lowest BCUT2D eigenvalue weighted by molar-refractivity contribution is -0.119. The number of halogens is 1. The normalized spacial score (nSPS) is 20.3. The molecule has 3 nitrogen and oxygen atoms in total. The Morgan fingerprint density at radius 1 is 1.47 bits per heavy atom. The third-order valence-electron chi connectivity index (χ3n) is 2.29. The van der Waals surface area contributed by atoms with Gasteiger partial charge in [0.15, 0.2) is 0 Å². The highest BCUT2D eigenvalue weighted by atomic mass is 35.5. The van der Waals surface area contributed by atoms with Crippen LogP contribution in [0.1, 0.15) is 0 Å². The van der Waals surface area contributed by atoms with Crippen LogP contribution in [-0.2, 0) is 4.79 Å². The number of rotatable bonds is 0. The molecule has 1 amide bonds. The zero-order valence-electron chi connectivity index (χ0n) is 8.34. The predicted octanol–water partition coefficient (Wildman–Crippen LogP) is 1.50. The molecule has 2 rings (SSSR count). The Hall–Kier alpha value is -0.710. The number of amides is 1. The van der Waals surface area contributed by atoms with Gasteiger partial charge in [0.2, 0.25) is 5.91 Å². The van der Waals surface area contributed by atoms with E-state index >= 15 is 0 Å². The summed E-state index contributed by atoms with van der Waals surface area (Å²) < 4.78 is 0. The number of hydrogen-bond acceptors (Lipinski definition) is 3. The number of anilines is 1. The second-order valence-corrected chi connectivity index (χ2v) is 4.34. The minimum absolute atomic E-state index is 0. The number of nitrogens with two attached hydrogens (primary N) is 1. The highest BCUT2D eigenvalue weighted by Gasteiger charge is 2.24. The van der Waals surface area contributed by atoms with E-state index in [0.29, 0.717) is 5.75 Å². The van der Waals surface area contributed by atoms with Gasteiger partial charge in [-0.2, -0.15) is 0 Å². The second-order valence-electron chi connectivity index (χ2n) is 3.28. The van der Waals surface area contributed by atoms with Gasteiger partial charge in [0.05, 0.1) is 11.7 Å². The number of fused-ring (bicyclic) bond motifs is 1. The maximum absolute atomic E-state index is 11.7. The molecule has 1 aliphatic heterocycles. The number of carbonyl (C=O) groups is 1. The van der Waals surface area contributed by atoms with Crippen molar-refractivity contribution in [3.05, 3.63) is 24.3 Å². The molecule has 5 heteroatoms. The number of nitrogens with zero attached hydrogens (tertiary/aromatic N) is 1. The average Bonchev–Trinajstić information content (AvgIpc) is 2.32. The van der Waals surface area contributed by atoms with Crippen molar-refractivity contribution < 1.29 is 4.79 Å². The Morgan fingerprint density at radius 2 is 2.13 bits per heavy atom. The Kier molecular flexibility index (Phi) is 4.02. The Labute approximate surface area is 99.4 Å². The molecule has 1 unspecified atom stereocenters. The van der Waals surface area contributed by atoms with Crippen LogP contribution in [0.3, 0.4) is 0 Å². The highest BCUT2D eigenvalue weighted by molar-refractivity contribution is 7.99. The van der Waals surface area contributed by atoms with Crippen LogP contribution >= 0.6 is 24.2 Å². The fourth-order valence-electron chi connectivity index (χ4n) is 1.47. The van der Waals surface area contributed by atoms with Crippen molar-refractivity contribution in [3.8, 4) is 0 Å². The monoisotopic (exact) mass is 244 g/mol. The van der Waals surface area contributed by atoms with E-state index in [0.717, 1.165) is 10.6 Å². The molecule has 82 valence electrons. The Morgan fingerprint density at radius 3 is 2.87 bits per heavy atom. The topological polar surface area (TPSA) is 46.3 Å². The van der Waals surface area contributed by atoms with Crippen molar-refractivity contribution in [2.24, 2.45) is 5.73 Å². The van der Waals surface area contributed by atoms with Gasteiger partial charge in [0, 0.05) is 17.7 Å². The molecule has 1 aliphatic rings. The van der Waals surface area contributed by atoms with Crippen LogP contribution in [0.4, 0.5) is 5.69 Å². The summed E-state index contributed by atoms with van der Waals surface area (Å²) in [4.78, 5) is 14.5. The van der Waals surface area contributed by atoms with E-state index < -0.39 is 6.04 Å². The van der Waals surface area contributed by atoms with E-state index in [-0.39, 0.29) is 18.3 Å². The van der Waals surface area contributed by atoms with Gasteiger partial charge in [-0.25, -0.2) is 0 Å². The number of hydrogen-bond donors (Lipinski definition) is 1. The van der Waals surface area contributed by atoms with E-state index in [9.17, 15) is 4.79 Å². The molecule has 1 aromatic carbocycles. The van der Waals surface area contributed by atoms with Gasteiger partial charge in [-0.3, -0.25) is 4.79 Å². The summed E-state index contributed by atoms with van der Waals surface area (Å²) in [7, 11) is 1.77. The molecular formula is C10H13ClN2OS. The molecule has 0 saturated heterocycles. The van der Waals surface area contributed by atoms with Crippen molar-refractivity contribution in [2.45, 2.75) is 10.9 Å². The minimum Gasteiger partial charge on any atom is -0.319 e. The summed E-state index contributed by atoms with van der Waals surface area (Å²) in [6, 6.07) is 7.47. The van der Waals surface area contributed by atoms with Gasteiger partial charge in [-0.1, -0.05) is 12.1 Å². The summed E-state index contributed by atoms with van der Waals surface area (Å²) in [6.45, 7) is 0. The van der Waals surface area contributed by atoms with E-state index in [1.165, 1.54) is 0 Å². The molecular weight excluding hydrogens is 232 g/mol. The van der Waals surface area contributed by atoms with Crippen molar-refractivity contribution in [3.63, 3.8) is 0 Å². The first-order chi connectivity index (χ1) is 6.70. The zero-order chi connectivity index (χ0) is 10.1. The summed E-state index contributed by atoms with van der Waals surface area (Å²) in [5.74, 6) is 0.641. The van der Waals surface area contributed by atoms with Gasteiger partial charge in [0.1, 0.15) is 0 Å². The van der Waals surface area contributed by atoms with Gasteiger partial charge in [-0.15, -0.1) is 24.2 Å². The van der Waals surface area contributed by atoms with Gasteiger partial charge in [-0.05, 0) is 12.1 Å². The molecule has 1 heterocycles. The van der Waals surface area contributed by atoms with Gasteiger partial charge in [0.25, 0.3) is 0 Å². The molecule has 0 aliphatic carbocycles. The van der Waals surface area contributed by atoms with Gasteiger partial charge < -0.3 is 10.6 Å². The number of likely N-dealkylation sites (N-methyl/N-ethyl adjacent to an activating group) is 1. The van der Waals surface area contributed by atoms with E-state index in [4.69, 9.17) is 5.73 Å². The van der Waals surface area contributed by atoms with E-state index in [1.807, 2.05) is 24.3 Å². The zero-order valence-corrected chi connectivity index (χ0v) is 9.98. The molecule has 15 heavy (non-hydrogen) atoms. The predicted molar refractivity (Wildman–Crippen MR) is 65.8 cm³/mol. The highest BCUT2D eigenvalue weighted by Crippen LogP contribution is 2.32. The molecule has 1 atom stereocenters. The van der Waals surface area contributed by atoms with Crippen LogP contribution in [-0.4, -0.2) is 24.7 Å². The summed E-state index contributed by atoms with van der Waals surface area (Å²) >= 11 is 1.64. The number of benzene rings is 1. The number of thioether (sulfide) groups is 1. The Balaban J connectivity index is 0.00000112. The fourth-order valence-corrected chi connectivity index (χ4v) is 2.50. The molecule has 0 spiro atoms. The molecule has 0 saturated carbocycles. The minimum atomic E-state index is -0.391. The van der Waals surface area contributed by atoms with Crippen LogP contribution in [0.25, 0.3) is 0 Å². The second kappa shape index (κ2) is 4.88. The molecule has 0 bridgehead atoms. The van der Waals surface area contributed by atoms with Crippen LogP contribution < -0.4 is 10.6 Å². The number of carbonyl (C=O) groups excluding carboxylic acids is 1. The van der Waals surface area contributed by atoms with Crippen LogP contribution in [0.2, 0.25) is 0 Å². The lowest BCUT2D eigenvalue weighted by Crippen LogP contribution is -2.42. The smallest absolute Gasteiger partial charge is 0.244 e. The quantitative estimate of drug-likeness (QED) is 0.753. The largest absolute Gasteiger partial charge is 0.319 e. The van der Waals surface area contributed by atoms with E-state index in [2.05, 4.69) is 0 Å². The molecule has 0 fully saturated rings. The van der Waals surface area contributed by atoms with Crippen molar-refractivity contribution >= 4 is 35.8 Å². The molecule has 0 radical (unpaired) electrons. The molecule has 2 N–H and O–H groups in total. The fraction of sp³-hybridized carbons (Fsp3) is 0.300. The van der Waals surface area contributed by atoms with Crippen LogP contribution in [0.5, 0.6) is 0 Å². The van der Waals surface area contributed by atoms with Crippen molar-refractivity contribution in [2.75, 3.05) is 17.7 Å². The Bertz CT molecular complexity index is 372. The first kappa shape index (κ1) is 12.4. The van der Waals surface area contributed by atoms with Crippen LogP contribution in [0, 0.1) is 0 Å². The third kappa shape index (κ3) is 2.27. The average molecular weight is 245 g/mol. The first-order valence-corrected chi connectivity index (χ1v) is 5.43. The SMILES string of the molecule is CN1C(=O)C(N)CSc2ccccc21.Cl. The molecule has 1 aromatic rings. The molecule has 0 aromatic heterocycles. The lowest BCUT2D eigenvalue weighted by atomic mass is 10.2. The first-order valence-electron chi connectivity index (χ1n) is 4.45. The number of para-hydroxylation sites is 1. The van der Waals surface area contributed by atoms with Crippen LogP contribution in [0.15, 0.2) is 29.2 Å². The van der Waals surface area contributed by atoms with Crippen molar-refractivity contribution in [1.29, 1.82) is 0 Å². The van der Waals surface area contributed by atoms with Crippen molar-refractivity contribution in [1.82, 2.24) is 0 Å². The lowest BCUT2D eigenvalue weighted by Gasteiger charge is -2.18. The van der Waals surface area contributed by atoms with Gasteiger partial charge >= 0.3 is 0 Å². The summed E-state index contributed by atoms with van der Waals surface area (Å²) in [5, 5.41) is 0. The van der Waals surface area contributed by atoms with E-state index in [1.54, 1.807) is 23.7 Å².